The number of fused-ring (bicyclic) bond motifs is 7. The Morgan fingerprint density at radius 3 is 1.55 bits per heavy atom. The van der Waals surface area contributed by atoms with Crippen LogP contribution in [0, 0.1) is 10.8 Å². The van der Waals surface area contributed by atoms with Crippen molar-refractivity contribution in [2.24, 2.45) is 20.8 Å². The highest BCUT2D eigenvalue weighted by atomic mass is 14.9. The highest BCUT2D eigenvalue weighted by molar-refractivity contribution is 6.21. The van der Waals surface area contributed by atoms with Gasteiger partial charge < -0.3 is 0 Å². The molecule has 8 heteroatoms. The molecule has 8 bridgehead atoms. The Morgan fingerprint density at radius 1 is 0.576 bits per heavy atom. The average molecular weight is 873 g/mol. The molecule has 0 radical (unpaired) electrons. The largest absolute Gasteiger partial charge is 0.284 e. The van der Waals surface area contributed by atoms with Gasteiger partial charge in [-0.15, -0.1) is 0 Å². The lowest BCUT2D eigenvalue weighted by molar-refractivity contribution is 0.483. The quantitative estimate of drug-likeness (QED) is 0.0714. The Kier molecular flexibility index (Phi) is 10.7. The Bertz CT molecular complexity index is 3500. The summed E-state index contributed by atoms with van der Waals surface area (Å²) in [6.45, 7) is 40.4. The molecule has 0 N–H and O–H groups in total. The summed E-state index contributed by atoms with van der Waals surface area (Å²) in [6, 6.07) is 17.4. The topological polar surface area (TPSA) is 102 Å². The predicted molar refractivity (Wildman–Crippen MR) is 282 cm³/mol. The van der Waals surface area contributed by atoms with Gasteiger partial charge in [0.05, 0.1) is 66.6 Å². The highest BCUT2D eigenvalue weighted by Crippen LogP contribution is 2.40. The fourth-order valence-corrected chi connectivity index (χ4v) is 9.29. The van der Waals surface area contributed by atoms with Gasteiger partial charge in [-0.3, -0.25) is 9.98 Å². The van der Waals surface area contributed by atoms with Crippen LogP contribution in [-0.2, 0) is 23.7 Å². The number of aryl methyl sites for hydroxylation is 2. The van der Waals surface area contributed by atoms with Gasteiger partial charge in [0, 0.05) is 28.4 Å². The second-order valence-electron chi connectivity index (χ2n) is 22.4. The molecule has 0 fully saturated rings. The number of hydrogen-bond acceptors (Lipinski definition) is 8. The van der Waals surface area contributed by atoms with E-state index in [0.29, 0.717) is 22.2 Å². The van der Waals surface area contributed by atoms with Crippen LogP contribution in [0.15, 0.2) is 88.4 Å². The van der Waals surface area contributed by atoms with Gasteiger partial charge in [0.2, 0.25) is 0 Å². The molecule has 0 spiro atoms. The average Bonchev–Trinajstić information content (AvgIpc) is 3.26. The Labute approximate surface area is 389 Å². The van der Waals surface area contributed by atoms with E-state index < -0.39 is 0 Å². The summed E-state index contributed by atoms with van der Waals surface area (Å²) in [5.74, 6) is 0. The molecule has 8 aromatic rings. The second kappa shape index (κ2) is 15.7. The number of aliphatic imine (C=N–C) groups is 2. The molecule has 66 heavy (non-hydrogen) atoms. The maximum atomic E-state index is 5.76. The zero-order valence-electron chi connectivity index (χ0n) is 41.6. The first-order valence-corrected chi connectivity index (χ1v) is 23.6. The Morgan fingerprint density at radius 2 is 1.06 bits per heavy atom. The third-order valence-electron chi connectivity index (χ3n) is 13.6. The van der Waals surface area contributed by atoms with Crippen LogP contribution >= 0.6 is 0 Å². The second-order valence-corrected chi connectivity index (χ2v) is 22.4. The van der Waals surface area contributed by atoms with Crippen molar-refractivity contribution in [3.8, 4) is 0 Å². The molecular weight excluding hydrogens is 809 g/mol. The number of allylic oxidation sites excluding steroid dienone is 3. The molecule has 0 atom stereocenters. The molecule has 0 aliphatic carbocycles. The van der Waals surface area contributed by atoms with Crippen molar-refractivity contribution < 1.29 is 0 Å². The lowest BCUT2D eigenvalue weighted by atomic mass is 9.82. The predicted octanol–water partition coefficient (Wildman–Crippen LogP) is 14.7. The molecule has 0 saturated carbocycles. The minimum Gasteiger partial charge on any atom is -0.284 e. The van der Waals surface area contributed by atoms with Crippen molar-refractivity contribution in [3.05, 3.63) is 112 Å². The van der Waals surface area contributed by atoms with Crippen LogP contribution in [-0.4, -0.2) is 48.9 Å². The molecule has 6 heterocycles. The van der Waals surface area contributed by atoms with Gasteiger partial charge in [-0.25, -0.2) is 29.9 Å². The number of hydrogen-bond donors (Lipinski definition) is 0. The van der Waals surface area contributed by atoms with Gasteiger partial charge in [0.15, 0.2) is 0 Å². The summed E-state index contributed by atoms with van der Waals surface area (Å²) in [5.41, 5.74) is 18.9. The minimum absolute atomic E-state index is 0.00947. The zero-order valence-corrected chi connectivity index (χ0v) is 41.6. The molecule has 1 aliphatic rings. The van der Waals surface area contributed by atoms with Crippen molar-refractivity contribution >= 4 is 95.1 Å². The first-order valence-electron chi connectivity index (χ1n) is 23.6. The van der Waals surface area contributed by atoms with Gasteiger partial charge in [0.25, 0.3) is 0 Å². The summed E-state index contributed by atoms with van der Waals surface area (Å²) >= 11 is 0. The summed E-state index contributed by atoms with van der Waals surface area (Å²) in [4.78, 5) is 43.8. The first-order chi connectivity index (χ1) is 31.0. The van der Waals surface area contributed by atoms with Crippen molar-refractivity contribution in [3.63, 3.8) is 0 Å². The van der Waals surface area contributed by atoms with E-state index in [2.05, 4.69) is 170 Å². The Balaban J connectivity index is 1.59. The van der Waals surface area contributed by atoms with E-state index >= 15 is 0 Å². The lowest BCUT2D eigenvalue weighted by Crippen LogP contribution is -2.17. The van der Waals surface area contributed by atoms with Crippen LogP contribution in [0.25, 0.3) is 82.7 Å². The molecule has 0 amide bonds. The Hall–Kier alpha value is -6.28. The summed E-state index contributed by atoms with van der Waals surface area (Å²) < 4.78 is 0. The van der Waals surface area contributed by atoms with E-state index in [4.69, 9.17) is 34.9 Å². The fourth-order valence-electron chi connectivity index (χ4n) is 9.29. The fraction of sp³-hybridized carbons (Fsp3) is 0.379. The number of aromatic nitrogens is 6. The zero-order chi connectivity index (χ0) is 47.4. The molecule has 3 aromatic carbocycles. The van der Waals surface area contributed by atoms with Crippen molar-refractivity contribution in [1.82, 2.24) is 29.9 Å². The van der Waals surface area contributed by atoms with Crippen LogP contribution in [0.3, 0.4) is 0 Å². The molecule has 8 nitrogen and oxygen atoms in total. The van der Waals surface area contributed by atoms with E-state index in [-0.39, 0.29) is 21.7 Å². The number of pyridine rings is 2. The number of rotatable bonds is 6. The van der Waals surface area contributed by atoms with Gasteiger partial charge in [-0.05, 0) is 136 Å². The van der Waals surface area contributed by atoms with E-state index in [1.807, 2.05) is 6.08 Å². The SMILES string of the molecule is C=NC(=CC(=C)C(C)(C)C)c1ccc2c3cc(C(C)(C)C)cc(n3)c3cc(C(C)(C)C)cc(n3)c3ccc(C4=NCCC(C(C)(C)C)=C4)c4nc5c(CC)c(CC)c6nc1c2nc6c5nc43. The van der Waals surface area contributed by atoms with Crippen LogP contribution in [0.5, 0.6) is 0 Å². The summed E-state index contributed by atoms with van der Waals surface area (Å²) in [5, 5.41) is 1.75. The van der Waals surface area contributed by atoms with Gasteiger partial charge in [0.1, 0.15) is 11.0 Å². The summed E-state index contributed by atoms with van der Waals surface area (Å²) in [6.07, 6.45) is 6.72. The molecule has 5 aromatic heterocycles. The number of dihydropyridines is 1. The van der Waals surface area contributed by atoms with Crippen LogP contribution in [0.4, 0.5) is 0 Å². The molecule has 0 saturated heterocycles. The standard InChI is InChI=1S/C58H64N8/c1-17-35-36(18-2)48-54-53-47(35)63-49-37(41(59-16)25-31(3)55(4,5)6)19-21-39(51(49)65-53)43-27-33(57(10,11)12)29-45(61-43)46-30-34(58(13,14)15)28-44(62-46)40-22-20-38(50(64-48)52(40)66-54)42-26-32(23-24-60-42)56(7,8)9/h19-22,25-30H,3,16-18,23-24H2,1-2,4-15H3. The maximum absolute atomic E-state index is 5.76. The van der Waals surface area contributed by atoms with Crippen molar-refractivity contribution in [2.45, 2.75) is 127 Å². The lowest BCUT2D eigenvalue weighted by Gasteiger charge is -2.26. The van der Waals surface area contributed by atoms with E-state index in [0.717, 1.165) is 131 Å². The van der Waals surface area contributed by atoms with Crippen LogP contribution in [0.1, 0.15) is 137 Å². The molecule has 9 rings (SSSR count). The first kappa shape index (κ1) is 44.9. The molecule has 1 aliphatic heterocycles. The van der Waals surface area contributed by atoms with Gasteiger partial charge >= 0.3 is 0 Å². The third kappa shape index (κ3) is 7.66. The molecule has 336 valence electrons. The smallest absolute Gasteiger partial charge is 0.118 e. The van der Waals surface area contributed by atoms with Crippen LogP contribution < -0.4 is 0 Å². The third-order valence-corrected chi connectivity index (χ3v) is 13.6. The van der Waals surface area contributed by atoms with Crippen molar-refractivity contribution in [1.29, 1.82) is 0 Å². The number of benzene rings is 3. The van der Waals surface area contributed by atoms with E-state index in [9.17, 15) is 0 Å². The summed E-state index contributed by atoms with van der Waals surface area (Å²) in [7, 11) is 0. The maximum Gasteiger partial charge on any atom is 0.118 e. The van der Waals surface area contributed by atoms with Crippen LogP contribution in [0.2, 0.25) is 0 Å². The van der Waals surface area contributed by atoms with Gasteiger partial charge in [-0.1, -0.05) is 109 Å². The van der Waals surface area contributed by atoms with Crippen molar-refractivity contribution in [2.75, 3.05) is 6.54 Å². The molecule has 0 unspecified atom stereocenters. The van der Waals surface area contributed by atoms with E-state index in [1.165, 1.54) is 5.57 Å². The van der Waals surface area contributed by atoms with Gasteiger partial charge in [-0.2, -0.15) is 0 Å². The normalized spacial score (nSPS) is 14.6. The molecular formula is C58H64N8. The van der Waals surface area contributed by atoms with E-state index in [1.54, 1.807) is 0 Å². The number of nitrogens with zero attached hydrogens (tertiary/aromatic N) is 8. The highest BCUT2D eigenvalue weighted by Gasteiger charge is 2.27. The monoisotopic (exact) mass is 873 g/mol. The minimum atomic E-state index is -0.205.